The molecule has 0 rings (SSSR count). The van der Waals surface area contributed by atoms with E-state index in [4.69, 9.17) is 26.6 Å². The van der Waals surface area contributed by atoms with Crippen molar-refractivity contribution < 1.29 is 26.6 Å². The first-order valence-electron chi connectivity index (χ1n) is 12.0. The van der Waals surface area contributed by atoms with Gasteiger partial charge in [0.2, 0.25) is 0 Å². The highest BCUT2D eigenvalue weighted by Crippen LogP contribution is 2.43. The van der Waals surface area contributed by atoms with Crippen molar-refractivity contribution in [3.63, 3.8) is 0 Å². The largest absolute Gasteiger partial charge is 0.462 e. The van der Waals surface area contributed by atoms with Gasteiger partial charge in [0.05, 0.1) is 0 Å². The van der Waals surface area contributed by atoms with Crippen molar-refractivity contribution in [2.75, 3.05) is 51.1 Å². The lowest BCUT2D eigenvalue weighted by molar-refractivity contribution is 0.0921. The maximum atomic E-state index is 5.98. The van der Waals surface area contributed by atoms with Crippen LogP contribution in [0.15, 0.2) is 0 Å². The summed E-state index contributed by atoms with van der Waals surface area (Å²) < 4.78 is 35.9. The zero-order valence-electron chi connectivity index (χ0n) is 21.0. The Morgan fingerprint density at radius 2 is 0.781 bits per heavy atom. The lowest BCUT2D eigenvalue weighted by Crippen LogP contribution is -2.52. The van der Waals surface area contributed by atoms with Crippen molar-refractivity contribution in [3.8, 4) is 0 Å². The van der Waals surface area contributed by atoms with Gasteiger partial charge >= 0.3 is 16.6 Å². The van der Waals surface area contributed by atoms with E-state index in [0.717, 1.165) is 0 Å². The monoisotopic (exact) mass is 598 g/mol. The van der Waals surface area contributed by atoms with Crippen LogP contribution in [0.4, 0.5) is 0 Å². The van der Waals surface area contributed by atoms with Gasteiger partial charge in [0.1, 0.15) is 18.1 Å². The summed E-state index contributed by atoms with van der Waals surface area (Å²) in [6, 6.07) is 2.46. The van der Waals surface area contributed by atoms with Crippen LogP contribution in [0.25, 0.3) is 0 Å². The summed E-state index contributed by atoms with van der Waals surface area (Å²) >= 11 is 0. The number of rotatable bonds is 25. The zero-order valence-corrected chi connectivity index (χ0v) is 29.1. The highest BCUT2D eigenvalue weighted by molar-refractivity contribution is 9.26. The van der Waals surface area contributed by atoms with E-state index < -0.39 is 34.7 Å². The molecule has 0 atom stereocenters. The summed E-state index contributed by atoms with van der Waals surface area (Å²) in [7, 11) is 2.12. The van der Waals surface area contributed by atoms with E-state index in [2.05, 4.69) is 0 Å². The molecule has 194 valence electrons. The second-order valence-electron chi connectivity index (χ2n) is 6.66. The summed E-state index contributed by atoms with van der Waals surface area (Å²) in [4.78, 5) is 0. The molecule has 0 saturated heterocycles. The molecule has 0 aromatic heterocycles. The van der Waals surface area contributed by atoms with E-state index in [9.17, 15) is 0 Å². The van der Waals surface area contributed by atoms with Crippen LogP contribution in [0, 0.1) is 0 Å². The minimum absolute atomic E-state index is 0.478. The molecule has 14 heteroatoms. The molecule has 0 aromatic rings. The van der Waals surface area contributed by atoms with Gasteiger partial charge in [-0.05, 0) is 74.0 Å². The van der Waals surface area contributed by atoms with E-state index in [1.54, 1.807) is 0 Å². The predicted octanol–water partition coefficient (Wildman–Crippen LogP) is 4.71. The van der Waals surface area contributed by atoms with Crippen molar-refractivity contribution in [2.45, 2.75) is 66.5 Å². The molecule has 0 fully saturated rings. The molecule has 0 heterocycles. The summed E-state index contributed by atoms with van der Waals surface area (Å²) in [6.45, 7) is 16.3. The van der Waals surface area contributed by atoms with Gasteiger partial charge in [-0.1, -0.05) is 33.7 Å². The summed E-state index contributed by atoms with van der Waals surface area (Å²) in [6.07, 6.45) is 2.45. The molecule has 6 nitrogen and oxygen atoms in total. The van der Waals surface area contributed by atoms with Gasteiger partial charge in [-0.2, -0.15) is 0 Å². The number of hydrogen-bond acceptors (Lipinski definition) is 10. The Hall–Kier alpha value is 2.03. The molecule has 0 aliphatic rings. The highest BCUT2D eigenvalue weighted by Gasteiger charge is 2.39. The Bertz CT molecular complexity index is 352. The van der Waals surface area contributed by atoms with Crippen LogP contribution in [0.2, 0.25) is 12.1 Å². The Morgan fingerprint density at radius 1 is 0.500 bits per heavy atom. The Kier molecular flexibility index (Phi) is 24.9. The molecule has 0 N–H and O–H groups in total. The molecule has 0 aliphatic heterocycles. The van der Waals surface area contributed by atoms with Crippen LogP contribution in [0.3, 0.4) is 0 Å². The van der Waals surface area contributed by atoms with E-state index in [-0.39, 0.29) is 0 Å². The highest BCUT2D eigenvalue weighted by atomic mass is 33.7. The first kappa shape index (κ1) is 34.0. The Labute approximate surface area is 219 Å². The Morgan fingerprint density at radius 3 is 1.03 bits per heavy atom. The molecule has 0 aliphatic carbocycles. The second kappa shape index (κ2) is 23.4. The van der Waals surface area contributed by atoms with Crippen LogP contribution >= 0.6 is 41.2 Å². The maximum Gasteiger partial charge on any atom is 0.462 e. The van der Waals surface area contributed by atoms with Gasteiger partial charge in [-0.3, -0.25) is 0 Å². The first-order chi connectivity index (χ1) is 15.6. The molecule has 0 spiro atoms. The topological polar surface area (TPSA) is 55.4 Å². The lowest BCUT2D eigenvalue weighted by atomic mass is 10.6. The predicted molar refractivity (Wildman–Crippen MR) is 157 cm³/mol. The molecule has 0 bridgehead atoms. The van der Waals surface area contributed by atoms with E-state index >= 15 is 0 Å². The van der Waals surface area contributed by atoms with Gasteiger partial charge in [0.25, 0.3) is 0 Å². The van der Waals surface area contributed by atoms with Gasteiger partial charge in [-0.15, -0.1) is 0 Å². The van der Waals surface area contributed by atoms with E-state index in [0.29, 0.717) is 39.6 Å². The molecule has 0 radical (unpaired) electrons. The second-order valence-corrected chi connectivity index (χ2v) is 28.0. The smallest absolute Gasteiger partial charge is 0.377 e. The summed E-state index contributed by atoms with van der Waals surface area (Å²) in [5.74, 6) is 2.36. The molecule has 32 heavy (non-hydrogen) atoms. The quantitative estimate of drug-likeness (QED) is 0.0839. The summed E-state index contributed by atoms with van der Waals surface area (Å²) in [5.41, 5.74) is 0. The number of hydrogen-bond donors (Lipinski definition) is 0. The zero-order chi connectivity index (χ0) is 24.0. The van der Waals surface area contributed by atoms with Crippen molar-refractivity contribution in [2.24, 2.45) is 0 Å². The van der Waals surface area contributed by atoms with Crippen LogP contribution in [-0.2, 0) is 26.6 Å². The van der Waals surface area contributed by atoms with E-state index in [1.807, 2.05) is 82.8 Å². The minimum Gasteiger partial charge on any atom is -0.377 e. The Balaban J connectivity index is 3.85. The van der Waals surface area contributed by atoms with Crippen molar-refractivity contribution in [3.05, 3.63) is 0 Å². The van der Waals surface area contributed by atoms with Gasteiger partial charge in [-0.25, -0.2) is 0 Å². The van der Waals surface area contributed by atoms with Gasteiger partial charge in [0.15, 0.2) is 0 Å². The van der Waals surface area contributed by atoms with Gasteiger partial charge < -0.3 is 26.6 Å². The molecular formula is C18H46O6S4Si4. The van der Waals surface area contributed by atoms with Crippen LogP contribution < -0.4 is 0 Å². The first-order valence-corrected chi connectivity index (χ1v) is 27.2. The van der Waals surface area contributed by atoms with Crippen LogP contribution in [0.5, 0.6) is 0 Å². The van der Waals surface area contributed by atoms with Gasteiger partial charge in [0, 0.05) is 51.1 Å². The van der Waals surface area contributed by atoms with Crippen molar-refractivity contribution >= 4 is 76.0 Å². The lowest BCUT2D eigenvalue weighted by Gasteiger charge is -2.28. The maximum absolute atomic E-state index is 5.98. The normalized spacial score (nSPS) is 13.3. The fourth-order valence-corrected chi connectivity index (χ4v) is 26.3. The third kappa shape index (κ3) is 16.7. The SMILES string of the molecule is CCO[Si](OCC)(OCC)[SiH2]CCCSSSSCCC[SiH2][Si](OCC)(OCC)OCC. The third-order valence-electron chi connectivity index (χ3n) is 4.23. The molecule has 0 amide bonds. The molecule has 0 saturated carbocycles. The average Bonchev–Trinajstić information content (AvgIpc) is 2.76. The fourth-order valence-electron chi connectivity index (χ4n) is 3.11. The molecular weight excluding hydrogens is 553 g/mol. The van der Waals surface area contributed by atoms with E-state index in [1.165, 1.54) is 36.4 Å². The summed E-state index contributed by atoms with van der Waals surface area (Å²) in [5, 5.41) is 0. The van der Waals surface area contributed by atoms with Crippen LogP contribution in [0.1, 0.15) is 54.4 Å². The standard InChI is InChI=1S/C18H46O6S4Si4/c1-7-19-31(20-8-2,21-9-3)29-17-13-15-25-27-28-26-16-14-18-30-32(22-10-4,23-11-5)24-12-6/h7-18,29-30H2,1-6H3. The van der Waals surface area contributed by atoms with Crippen LogP contribution in [-0.4, -0.2) is 85.9 Å². The van der Waals surface area contributed by atoms with Crippen molar-refractivity contribution in [1.29, 1.82) is 0 Å². The minimum atomic E-state index is -2.33. The molecule has 0 aromatic carbocycles. The van der Waals surface area contributed by atoms with Crippen molar-refractivity contribution in [1.82, 2.24) is 0 Å². The fraction of sp³-hybridized carbons (Fsp3) is 1.00. The average molecular weight is 599 g/mol. The molecule has 0 unspecified atom stereocenters. The third-order valence-corrected chi connectivity index (χ3v) is 27.6.